The summed E-state index contributed by atoms with van der Waals surface area (Å²) in [5.41, 5.74) is 2.96. The normalized spacial score (nSPS) is 11.0. The third-order valence-corrected chi connectivity index (χ3v) is 4.89. The van der Waals surface area contributed by atoms with E-state index in [4.69, 9.17) is 0 Å². The summed E-state index contributed by atoms with van der Waals surface area (Å²) >= 11 is 1.46. The van der Waals surface area contributed by atoms with Crippen LogP contribution in [0.2, 0.25) is 0 Å². The Labute approximate surface area is 153 Å². The molecular formula is C20H16FN3OS. The van der Waals surface area contributed by atoms with Gasteiger partial charge in [0.15, 0.2) is 10.7 Å². The van der Waals surface area contributed by atoms with E-state index in [1.807, 2.05) is 46.3 Å². The van der Waals surface area contributed by atoms with Gasteiger partial charge in [0.25, 0.3) is 5.91 Å². The van der Waals surface area contributed by atoms with Gasteiger partial charge in [0.05, 0.1) is 5.69 Å². The second-order valence-corrected chi connectivity index (χ2v) is 6.74. The van der Waals surface area contributed by atoms with E-state index in [0.29, 0.717) is 17.9 Å². The van der Waals surface area contributed by atoms with Crippen molar-refractivity contribution in [2.45, 2.75) is 6.42 Å². The van der Waals surface area contributed by atoms with Crippen molar-refractivity contribution < 1.29 is 9.18 Å². The van der Waals surface area contributed by atoms with E-state index in [9.17, 15) is 9.18 Å². The van der Waals surface area contributed by atoms with Crippen LogP contribution < -0.4 is 5.32 Å². The first-order valence-corrected chi connectivity index (χ1v) is 9.14. The van der Waals surface area contributed by atoms with E-state index < -0.39 is 0 Å². The van der Waals surface area contributed by atoms with Crippen LogP contribution >= 0.6 is 11.3 Å². The Morgan fingerprint density at radius 3 is 2.65 bits per heavy atom. The Balaban J connectivity index is 1.59. The average molecular weight is 365 g/mol. The number of hydrogen-bond donors (Lipinski definition) is 1. The van der Waals surface area contributed by atoms with Gasteiger partial charge >= 0.3 is 0 Å². The molecule has 26 heavy (non-hydrogen) atoms. The second-order valence-electron chi connectivity index (χ2n) is 5.86. The van der Waals surface area contributed by atoms with Crippen LogP contribution in [0, 0.1) is 5.82 Å². The van der Waals surface area contributed by atoms with Crippen molar-refractivity contribution in [1.82, 2.24) is 14.7 Å². The minimum Gasteiger partial charge on any atom is -0.350 e. The molecule has 4 rings (SSSR count). The van der Waals surface area contributed by atoms with Crippen LogP contribution in [0.3, 0.4) is 0 Å². The van der Waals surface area contributed by atoms with E-state index in [1.165, 1.54) is 23.5 Å². The second kappa shape index (κ2) is 7.09. The highest BCUT2D eigenvalue weighted by Crippen LogP contribution is 2.27. The van der Waals surface area contributed by atoms with Crippen molar-refractivity contribution >= 4 is 22.2 Å². The van der Waals surface area contributed by atoms with Crippen LogP contribution in [0.4, 0.5) is 4.39 Å². The van der Waals surface area contributed by atoms with Crippen LogP contribution in [-0.4, -0.2) is 21.8 Å². The molecule has 1 N–H and O–H groups in total. The Morgan fingerprint density at radius 1 is 1.12 bits per heavy atom. The highest BCUT2D eigenvalue weighted by atomic mass is 32.1. The molecule has 0 aliphatic rings. The standard InChI is InChI=1S/C20H16FN3OS/c21-16-8-6-15(7-9-16)18-17(23-20-24(18)12-13-26-20)19(25)22-11-10-14-4-2-1-3-5-14/h1-9,12-13H,10-11H2,(H,22,25). The van der Waals surface area contributed by atoms with Crippen molar-refractivity contribution in [3.8, 4) is 11.3 Å². The first-order chi connectivity index (χ1) is 12.7. The monoisotopic (exact) mass is 365 g/mol. The third-order valence-electron chi connectivity index (χ3n) is 4.14. The number of imidazole rings is 1. The van der Waals surface area contributed by atoms with E-state index in [0.717, 1.165) is 22.5 Å². The summed E-state index contributed by atoms with van der Waals surface area (Å²) in [5, 5.41) is 4.84. The van der Waals surface area contributed by atoms with E-state index in [2.05, 4.69) is 10.3 Å². The average Bonchev–Trinajstić information content (AvgIpc) is 3.24. The molecule has 0 fully saturated rings. The molecule has 2 aromatic carbocycles. The summed E-state index contributed by atoms with van der Waals surface area (Å²) < 4.78 is 15.1. The number of halogens is 1. The molecule has 0 saturated heterocycles. The summed E-state index contributed by atoms with van der Waals surface area (Å²) in [6.45, 7) is 0.525. The Bertz CT molecular complexity index is 1040. The maximum Gasteiger partial charge on any atom is 0.272 e. The van der Waals surface area contributed by atoms with Crippen molar-refractivity contribution in [2.24, 2.45) is 0 Å². The zero-order valence-corrected chi connectivity index (χ0v) is 14.7. The number of hydrogen-bond acceptors (Lipinski definition) is 3. The number of fused-ring (bicyclic) bond motifs is 1. The SMILES string of the molecule is O=C(NCCc1ccccc1)c1nc2sccn2c1-c1ccc(F)cc1. The number of rotatable bonds is 5. The van der Waals surface area contributed by atoms with Gasteiger partial charge in [0.1, 0.15) is 5.82 Å². The minimum absolute atomic E-state index is 0.226. The molecular weight excluding hydrogens is 349 g/mol. The fourth-order valence-corrected chi connectivity index (χ4v) is 3.59. The number of thiazole rings is 1. The highest BCUT2D eigenvalue weighted by Gasteiger charge is 2.20. The maximum absolute atomic E-state index is 13.3. The van der Waals surface area contributed by atoms with Crippen molar-refractivity contribution in [3.63, 3.8) is 0 Å². The van der Waals surface area contributed by atoms with Gasteiger partial charge in [-0.05, 0) is 36.2 Å². The van der Waals surface area contributed by atoms with Gasteiger partial charge in [-0.1, -0.05) is 30.3 Å². The predicted octanol–water partition coefficient (Wildman–Crippen LogP) is 4.17. The summed E-state index contributed by atoms with van der Waals surface area (Å²) in [5.74, 6) is -0.537. The molecule has 0 atom stereocenters. The van der Waals surface area contributed by atoms with Gasteiger partial charge in [-0.25, -0.2) is 9.37 Å². The largest absolute Gasteiger partial charge is 0.350 e. The third kappa shape index (κ3) is 3.23. The number of benzene rings is 2. The van der Waals surface area contributed by atoms with Crippen molar-refractivity contribution in [1.29, 1.82) is 0 Å². The Kier molecular flexibility index (Phi) is 4.50. The smallest absolute Gasteiger partial charge is 0.272 e. The molecule has 2 heterocycles. The molecule has 0 radical (unpaired) electrons. The Morgan fingerprint density at radius 2 is 1.88 bits per heavy atom. The van der Waals surface area contributed by atoms with E-state index in [-0.39, 0.29) is 11.7 Å². The minimum atomic E-state index is -0.311. The lowest BCUT2D eigenvalue weighted by Gasteiger charge is -2.07. The zero-order valence-electron chi connectivity index (χ0n) is 13.9. The highest BCUT2D eigenvalue weighted by molar-refractivity contribution is 7.15. The van der Waals surface area contributed by atoms with Crippen LogP contribution in [0.1, 0.15) is 16.1 Å². The predicted molar refractivity (Wildman–Crippen MR) is 101 cm³/mol. The van der Waals surface area contributed by atoms with Gasteiger partial charge in [0, 0.05) is 23.7 Å². The summed E-state index contributed by atoms with van der Waals surface area (Å²) in [7, 11) is 0. The van der Waals surface area contributed by atoms with E-state index >= 15 is 0 Å². The number of aromatic nitrogens is 2. The summed E-state index contributed by atoms with van der Waals surface area (Å²) in [6.07, 6.45) is 2.62. The molecule has 0 bridgehead atoms. The van der Waals surface area contributed by atoms with Crippen LogP contribution in [0.5, 0.6) is 0 Å². The first kappa shape index (κ1) is 16.5. The summed E-state index contributed by atoms with van der Waals surface area (Å²) in [4.78, 5) is 17.9. The molecule has 1 amide bonds. The molecule has 6 heteroatoms. The summed E-state index contributed by atoms with van der Waals surface area (Å²) in [6, 6.07) is 16.1. The molecule has 0 saturated carbocycles. The number of amides is 1. The van der Waals surface area contributed by atoms with Gasteiger partial charge in [-0.2, -0.15) is 0 Å². The van der Waals surface area contributed by atoms with Gasteiger partial charge < -0.3 is 5.32 Å². The lowest BCUT2D eigenvalue weighted by atomic mass is 10.1. The lowest BCUT2D eigenvalue weighted by Crippen LogP contribution is -2.26. The van der Waals surface area contributed by atoms with Gasteiger partial charge in [-0.15, -0.1) is 11.3 Å². The molecule has 0 unspecified atom stereocenters. The first-order valence-electron chi connectivity index (χ1n) is 8.26. The number of nitrogens with one attached hydrogen (secondary N) is 1. The van der Waals surface area contributed by atoms with Crippen LogP contribution in [0.15, 0.2) is 66.2 Å². The maximum atomic E-state index is 13.3. The lowest BCUT2D eigenvalue weighted by molar-refractivity contribution is 0.0950. The van der Waals surface area contributed by atoms with Crippen LogP contribution in [-0.2, 0) is 6.42 Å². The molecule has 0 aliphatic heterocycles. The van der Waals surface area contributed by atoms with Crippen molar-refractivity contribution in [3.05, 3.63) is 83.2 Å². The van der Waals surface area contributed by atoms with Gasteiger partial charge in [0.2, 0.25) is 0 Å². The number of carbonyl (C=O) groups excluding carboxylic acids is 1. The zero-order chi connectivity index (χ0) is 17.9. The fraction of sp³-hybridized carbons (Fsp3) is 0.100. The molecule has 0 aliphatic carbocycles. The molecule has 4 nitrogen and oxygen atoms in total. The van der Waals surface area contributed by atoms with Crippen LogP contribution in [0.25, 0.3) is 16.2 Å². The molecule has 4 aromatic rings. The molecule has 130 valence electrons. The molecule has 2 aromatic heterocycles. The van der Waals surface area contributed by atoms with Gasteiger partial charge in [-0.3, -0.25) is 9.20 Å². The molecule has 0 spiro atoms. The van der Waals surface area contributed by atoms with E-state index in [1.54, 1.807) is 12.1 Å². The number of nitrogens with zero attached hydrogens (tertiary/aromatic N) is 2. The number of carbonyl (C=O) groups is 1. The fourth-order valence-electron chi connectivity index (χ4n) is 2.88. The van der Waals surface area contributed by atoms with Crippen molar-refractivity contribution in [2.75, 3.05) is 6.54 Å². The quantitative estimate of drug-likeness (QED) is 0.577. The Hall–Kier alpha value is -2.99. The topological polar surface area (TPSA) is 46.4 Å².